The molecule has 2 N–H and O–H groups in total. The molecule has 0 aromatic heterocycles. The Morgan fingerprint density at radius 2 is 1.69 bits per heavy atom. The fourth-order valence-electron chi connectivity index (χ4n) is 0.849. The molecule has 0 aliphatic carbocycles. The third-order valence-corrected chi connectivity index (χ3v) is 2.18. The van der Waals surface area contributed by atoms with Crippen LogP contribution in [0.1, 0.15) is 27.7 Å². The lowest BCUT2D eigenvalue weighted by Crippen LogP contribution is -2.56. The van der Waals surface area contributed by atoms with Gasteiger partial charge in [-0.25, -0.2) is 9.59 Å². The van der Waals surface area contributed by atoms with Crippen LogP contribution in [-0.2, 0) is 9.53 Å². The van der Waals surface area contributed by atoms with Crippen LogP contribution in [0.4, 0.5) is 4.79 Å². The monoisotopic (exact) mass is 233 g/mol. The molecule has 0 aromatic carbocycles. The van der Waals surface area contributed by atoms with Crippen molar-refractivity contribution < 1.29 is 24.5 Å². The first kappa shape index (κ1) is 14.7. The highest BCUT2D eigenvalue weighted by Gasteiger charge is 2.41. The highest BCUT2D eigenvalue weighted by atomic mass is 16.6. The minimum absolute atomic E-state index is 0.682. The van der Waals surface area contributed by atoms with E-state index in [2.05, 4.69) is 0 Å². The number of amides is 1. The van der Waals surface area contributed by atoms with Crippen molar-refractivity contribution in [3.63, 3.8) is 0 Å². The molecule has 0 heterocycles. The second-order valence-corrected chi connectivity index (χ2v) is 4.78. The Balaban J connectivity index is 4.84. The van der Waals surface area contributed by atoms with Gasteiger partial charge in [-0.2, -0.15) is 0 Å². The van der Waals surface area contributed by atoms with Crippen molar-refractivity contribution in [2.24, 2.45) is 0 Å². The Kier molecular flexibility index (Phi) is 4.31. The molecule has 0 aliphatic heterocycles. The summed E-state index contributed by atoms with van der Waals surface area (Å²) in [5.41, 5.74) is -2.39. The summed E-state index contributed by atoms with van der Waals surface area (Å²) in [6.07, 6.45) is -0.786. The number of hydrogen-bond donors (Lipinski definition) is 2. The first-order valence-corrected chi connectivity index (χ1v) is 4.85. The molecule has 0 aliphatic rings. The number of aliphatic carboxylic acids is 1. The first-order chi connectivity index (χ1) is 7.04. The molecule has 6 nitrogen and oxygen atoms in total. The van der Waals surface area contributed by atoms with Crippen LogP contribution in [0.2, 0.25) is 0 Å². The van der Waals surface area contributed by atoms with Gasteiger partial charge < -0.3 is 14.9 Å². The van der Waals surface area contributed by atoms with E-state index in [1.165, 1.54) is 14.0 Å². The first-order valence-electron chi connectivity index (χ1n) is 4.85. The lowest BCUT2D eigenvalue weighted by molar-refractivity contribution is -0.151. The summed E-state index contributed by atoms with van der Waals surface area (Å²) in [6, 6.07) is 0. The molecule has 0 fully saturated rings. The molecule has 0 radical (unpaired) electrons. The van der Waals surface area contributed by atoms with Gasteiger partial charge in [-0.1, -0.05) is 0 Å². The second-order valence-electron chi connectivity index (χ2n) is 4.78. The Hall–Kier alpha value is -1.30. The molecule has 0 saturated carbocycles. The van der Waals surface area contributed by atoms with Gasteiger partial charge in [-0.05, 0) is 27.7 Å². The number of carboxylic acids is 1. The molecule has 6 heteroatoms. The van der Waals surface area contributed by atoms with E-state index in [0.717, 1.165) is 4.90 Å². The minimum atomic E-state index is -1.68. The summed E-state index contributed by atoms with van der Waals surface area (Å²) in [5.74, 6) is -1.29. The summed E-state index contributed by atoms with van der Waals surface area (Å²) in [6.45, 7) is 5.60. The van der Waals surface area contributed by atoms with Gasteiger partial charge in [-0.15, -0.1) is 0 Å². The van der Waals surface area contributed by atoms with Gasteiger partial charge >= 0.3 is 12.1 Å². The number of aliphatic hydroxyl groups excluding tert-OH is 1. The third-order valence-electron chi connectivity index (χ3n) is 2.18. The number of nitrogens with zero attached hydrogens (tertiary/aromatic N) is 1. The largest absolute Gasteiger partial charge is 0.479 e. The maximum atomic E-state index is 11.6. The lowest BCUT2D eigenvalue weighted by Gasteiger charge is -2.34. The Labute approximate surface area is 94.8 Å². The number of rotatable bonds is 3. The number of aliphatic hydroxyl groups is 1. The molecule has 1 amide bonds. The van der Waals surface area contributed by atoms with E-state index in [1.807, 2.05) is 0 Å². The number of likely N-dealkylation sites (N-methyl/N-ethyl adjacent to an activating group) is 1. The van der Waals surface area contributed by atoms with Crippen molar-refractivity contribution in [2.75, 3.05) is 13.7 Å². The minimum Gasteiger partial charge on any atom is -0.479 e. The van der Waals surface area contributed by atoms with Gasteiger partial charge in [0.2, 0.25) is 0 Å². The summed E-state index contributed by atoms with van der Waals surface area (Å²) in [5, 5.41) is 18.0. The van der Waals surface area contributed by atoms with E-state index in [9.17, 15) is 9.59 Å². The zero-order valence-electron chi connectivity index (χ0n) is 10.3. The number of carbonyl (C=O) groups excluding carboxylic acids is 1. The highest BCUT2D eigenvalue weighted by Crippen LogP contribution is 2.17. The van der Waals surface area contributed by atoms with Crippen molar-refractivity contribution in [2.45, 2.75) is 38.8 Å². The smallest absolute Gasteiger partial charge is 0.411 e. The normalized spacial score (nSPS) is 15.1. The van der Waals surface area contributed by atoms with Crippen LogP contribution in [0.5, 0.6) is 0 Å². The quantitative estimate of drug-likeness (QED) is 0.748. The molecular formula is C10H19NO5. The molecule has 1 unspecified atom stereocenters. The van der Waals surface area contributed by atoms with E-state index in [-0.39, 0.29) is 0 Å². The zero-order chi connectivity index (χ0) is 13.1. The SMILES string of the molecule is CN(C(=O)OC(C)(C)C)C(C)(CO)C(=O)O. The standard InChI is InChI=1S/C10H19NO5/c1-9(2,3)16-8(15)11(5)10(4,6-12)7(13)14/h12H,6H2,1-5H3,(H,13,14). The number of carboxylic acid groups (broad SMARTS) is 1. The summed E-state index contributed by atoms with van der Waals surface area (Å²) >= 11 is 0. The molecule has 1 atom stereocenters. The lowest BCUT2D eigenvalue weighted by atomic mass is 10.0. The van der Waals surface area contributed by atoms with Gasteiger partial charge in [0.05, 0.1) is 6.61 Å². The van der Waals surface area contributed by atoms with Crippen LogP contribution in [-0.4, -0.2) is 52.0 Å². The van der Waals surface area contributed by atoms with Crippen LogP contribution in [0.25, 0.3) is 0 Å². The maximum Gasteiger partial charge on any atom is 0.411 e. The van der Waals surface area contributed by atoms with Crippen molar-refractivity contribution in [1.82, 2.24) is 4.90 Å². The topological polar surface area (TPSA) is 87.1 Å². The van der Waals surface area contributed by atoms with Crippen molar-refractivity contribution in [1.29, 1.82) is 0 Å². The number of carbonyl (C=O) groups is 2. The average Bonchev–Trinajstić information content (AvgIpc) is 2.12. The predicted molar refractivity (Wildman–Crippen MR) is 57.1 cm³/mol. The predicted octanol–water partition coefficient (Wildman–Crippen LogP) is 0.689. The molecule has 16 heavy (non-hydrogen) atoms. The molecule has 0 spiro atoms. The van der Waals surface area contributed by atoms with Gasteiger partial charge in [-0.3, -0.25) is 4.90 Å². The van der Waals surface area contributed by atoms with Crippen molar-refractivity contribution in [3.05, 3.63) is 0 Å². The Morgan fingerprint density at radius 1 is 1.25 bits per heavy atom. The second kappa shape index (κ2) is 4.69. The fourth-order valence-corrected chi connectivity index (χ4v) is 0.849. The van der Waals surface area contributed by atoms with Crippen LogP contribution in [0, 0.1) is 0 Å². The Bertz CT molecular complexity index is 283. The van der Waals surface area contributed by atoms with E-state index < -0.39 is 29.8 Å². The molecule has 0 aromatic rings. The van der Waals surface area contributed by atoms with E-state index in [4.69, 9.17) is 14.9 Å². The number of hydrogen-bond acceptors (Lipinski definition) is 4. The molecule has 0 rings (SSSR count). The highest BCUT2D eigenvalue weighted by molar-refractivity contribution is 5.84. The average molecular weight is 233 g/mol. The fraction of sp³-hybridized carbons (Fsp3) is 0.800. The van der Waals surface area contributed by atoms with Gasteiger partial charge in [0.25, 0.3) is 0 Å². The third kappa shape index (κ3) is 3.37. The molecule has 0 saturated heterocycles. The number of ether oxygens (including phenoxy) is 1. The van der Waals surface area contributed by atoms with E-state index in [0.29, 0.717) is 0 Å². The van der Waals surface area contributed by atoms with Crippen LogP contribution >= 0.6 is 0 Å². The summed E-state index contributed by atoms with van der Waals surface area (Å²) in [4.78, 5) is 23.4. The summed E-state index contributed by atoms with van der Waals surface area (Å²) < 4.78 is 5.01. The van der Waals surface area contributed by atoms with Gasteiger partial charge in [0.15, 0.2) is 5.54 Å². The van der Waals surface area contributed by atoms with Crippen molar-refractivity contribution in [3.8, 4) is 0 Å². The van der Waals surface area contributed by atoms with Crippen LogP contribution in [0.3, 0.4) is 0 Å². The van der Waals surface area contributed by atoms with E-state index in [1.54, 1.807) is 20.8 Å². The van der Waals surface area contributed by atoms with Gasteiger partial charge in [0, 0.05) is 7.05 Å². The maximum absolute atomic E-state index is 11.6. The van der Waals surface area contributed by atoms with Crippen molar-refractivity contribution >= 4 is 12.1 Å². The van der Waals surface area contributed by atoms with Gasteiger partial charge in [0.1, 0.15) is 5.60 Å². The molecule has 0 bridgehead atoms. The zero-order valence-corrected chi connectivity index (χ0v) is 10.3. The summed E-state index contributed by atoms with van der Waals surface area (Å²) in [7, 11) is 1.28. The molecular weight excluding hydrogens is 214 g/mol. The van der Waals surface area contributed by atoms with Crippen LogP contribution in [0.15, 0.2) is 0 Å². The van der Waals surface area contributed by atoms with E-state index >= 15 is 0 Å². The van der Waals surface area contributed by atoms with Crippen LogP contribution < -0.4 is 0 Å². The molecule has 94 valence electrons. The Morgan fingerprint density at radius 3 is 1.94 bits per heavy atom.